The molecule has 0 aromatic heterocycles. The van der Waals surface area contributed by atoms with Crippen LogP contribution in [-0.2, 0) is 9.53 Å². The number of hydrogen-bond donors (Lipinski definition) is 0. The number of esters is 1. The molecule has 40 heavy (non-hydrogen) atoms. The molecule has 5 fully saturated rings. The Morgan fingerprint density at radius 2 is 1.60 bits per heavy atom. The van der Waals surface area contributed by atoms with Crippen LogP contribution in [0.1, 0.15) is 116 Å². The van der Waals surface area contributed by atoms with E-state index >= 15 is 0 Å². The van der Waals surface area contributed by atoms with Gasteiger partial charge in [0.05, 0.1) is 12.2 Å². The number of fused-ring (bicyclic) bond motifs is 7. The first-order chi connectivity index (χ1) is 18.8. The van der Waals surface area contributed by atoms with E-state index in [1.165, 1.54) is 44.1 Å². The second-order valence-electron chi connectivity index (χ2n) is 16.1. The van der Waals surface area contributed by atoms with E-state index in [0.29, 0.717) is 47.5 Å². The number of carbonyl (C=O) groups excluding carboxylic acids is 2. The summed E-state index contributed by atoms with van der Waals surface area (Å²) >= 11 is 0. The third-order valence-corrected chi connectivity index (χ3v) is 14.5. The van der Waals surface area contributed by atoms with Gasteiger partial charge in [0, 0.05) is 17.3 Å². The van der Waals surface area contributed by atoms with E-state index in [0.717, 1.165) is 25.7 Å². The van der Waals surface area contributed by atoms with Crippen LogP contribution in [0, 0.1) is 56.7 Å². The maximum atomic E-state index is 13.1. The fourth-order valence-corrected chi connectivity index (χ4v) is 12.2. The maximum Gasteiger partial charge on any atom is 0.338 e. The summed E-state index contributed by atoms with van der Waals surface area (Å²) in [5.41, 5.74) is 2.59. The molecule has 0 saturated heterocycles. The minimum atomic E-state index is -0.201. The topological polar surface area (TPSA) is 43.4 Å². The molecule has 5 aliphatic carbocycles. The fraction of sp³-hybridized carbons (Fsp3) is 0.730. The smallest absolute Gasteiger partial charge is 0.338 e. The van der Waals surface area contributed by atoms with E-state index in [4.69, 9.17) is 4.74 Å². The van der Waals surface area contributed by atoms with Gasteiger partial charge < -0.3 is 4.74 Å². The molecule has 0 N–H and O–H groups in total. The third-order valence-electron chi connectivity index (χ3n) is 14.5. The summed E-state index contributed by atoms with van der Waals surface area (Å²) in [5.74, 6) is 3.13. The standard InChI is InChI=1S/C37H52O3/c1-24(2)26-15-20-37(23-40-32(39)25-11-9-8-10-12-25)22-21-35(6)27(31(26)37)13-14-29-34(5)18-17-30(38)33(3,4)28(34)16-19-36(29,35)7/h8-12,26-29,31H,1,13-23H2,2-7H3/t26-,27+,28-,29+,31+,34-,35+,36+,37+/m0/s1. The molecule has 1 aromatic carbocycles. The lowest BCUT2D eigenvalue weighted by molar-refractivity contribution is -0.236. The van der Waals surface area contributed by atoms with Crippen LogP contribution in [0.3, 0.4) is 0 Å². The van der Waals surface area contributed by atoms with Gasteiger partial charge in [0.1, 0.15) is 5.78 Å². The zero-order chi connectivity index (χ0) is 28.7. The minimum absolute atomic E-state index is 0.0573. The average Bonchev–Trinajstić information content (AvgIpc) is 3.31. The Balaban J connectivity index is 1.32. The Bertz CT molecular complexity index is 1200. The van der Waals surface area contributed by atoms with E-state index in [1.807, 2.05) is 30.3 Å². The van der Waals surface area contributed by atoms with Crippen LogP contribution in [-0.4, -0.2) is 18.4 Å². The zero-order valence-electron chi connectivity index (χ0n) is 26.0. The normalized spacial score (nSPS) is 45.5. The van der Waals surface area contributed by atoms with Crippen molar-refractivity contribution in [3.63, 3.8) is 0 Å². The number of ether oxygens (including phenoxy) is 1. The van der Waals surface area contributed by atoms with Gasteiger partial charge in [-0.1, -0.05) is 65.0 Å². The van der Waals surface area contributed by atoms with Crippen LogP contribution in [0.15, 0.2) is 42.5 Å². The molecule has 5 saturated carbocycles. The van der Waals surface area contributed by atoms with E-state index < -0.39 is 0 Å². The molecule has 1 aromatic rings. The van der Waals surface area contributed by atoms with Crippen molar-refractivity contribution in [2.75, 3.05) is 6.61 Å². The molecule has 0 unspecified atom stereocenters. The van der Waals surface area contributed by atoms with E-state index in [2.05, 4.69) is 48.1 Å². The van der Waals surface area contributed by atoms with Crippen molar-refractivity contribution >= 4 is 11.8 Å². The molecule has 218 valence electrons. The van der Waals surface area contributed by atoms with E-state index in [9.17, 15) is 9.59 Å². The van der Waals surface area contributed by atoms with Crippen LogP contribution in [0.2, 0.25) is 0 Å². The lowest BCUT2D eigenvalue weighted by Gasteiger charge is -2.72. The maximum absolute atomic E-state index is 13.1. The minimum Gasteiger partial charge on any atom is -0.461 e. The van der Waals surface area contributed by atoms with Crippen LogP contribution in [0.5, 0.6) is 0 Å². The van der Waals surface area contributed by atoms with Crippen molar-refractivity contribution in [2.24, 2.45) is 56.7 Å². The highest BCUT2D eigenvalue weighted by atomic mass is 16.5. The monoisotopic (exact) mass is 544 g/mol. The molecule has 9 atom stereocenters. The van der Waals surface area contributed by atoms with Crippen LogP contribution in [0.4, 0.5) is 0 Å². The number of carbonyl (C=O) groups is 2. The SMILES string of the molecule is C=C(C)[C@@H]1CC[C@]2(COC(=O)c3ccccc3)CC[C@]3(C)[C@H](CC[C@@H]4[C@@]5(C)CCC(=O)C(C)(C)[C@@H]5CC[C@]43C)[C@@H]12. The molecule has 0 radical (unpaired) electrons. The lowest BCUT2D eigenvalue weighted by atomic mass is 9.32. The largest absolute Gasteiger partial charge is 0.461 e. The summed E-state index contributed by atoms with van der Waals surface area (Å²) < 4.78 is 6.16. The quantitative estimate of drug-likeness (QED) is 0.280. The Kier molecular flexibility index (Phi) is 6.56. The summed E-state index contributed by atoms with van der Waals surface area (Å²) in [4.78, 5) is 26.1. The van der Waals surface area contributed by atoms with Crippen molar-refractivity contribution in [1.82, 2.24) is 0 Å². The van der Waals surface area contributed by atoms with Gasteiger partial charge in [0.2, 0.25) is 0 Å². The summed E-state index contributed by atoms with van der Waals surface area (Å²) in [7, 11) is 0. The predicted octanol–water partition coefficient (Wildman–Crippen LogP) is 9.07. The number of rotatable bonds is 4. The molecule has 0 aliphatic heterocycles. The van der Waals surface area contributed by atoms with Gasteiger partial charge in [-0.15, -0.1) is 0 Å². The first-order valence-corrected chi connectivity index (χ1v) is 16.2. The highest BCUT2D eigenvalue weighted by Crippen LogP contribution is 2.77. The first-order valence-electron chi connectivity index (χ1n) is 16.2. The third kappa shape index (κ3) is 3.74. The zero-order valence-corrected chi connectivity index (χ0v) is 26.0. The van der Waals surface area contributed by atoms with Crippen LogP contribution >= 0.6 is 0 Å². The average molecular weight is 545 g/mol. The summed E-state index contributed by atoms with van der Waals surface area (Å²) in [5, 5.41) is 0. The second kappa shape index (κ2) is 9.30. The summed E-state index contributed by atoms with van der Waals surface area (Å²) in [6, 6.07) is 9.49. The van der Waals surface area contributed by atoms with Gasteiger partial charge in [0.15, 0.2) is 0 Å². The highest BCUT2D eigenvalue weighted by molar-refractivity contribution is 5.89. The molecule has 5 aliphatic rings. The van der Waals surface area contributed by atoms with Gasteiger partial charge in [-0.25, -0.2) is 4.79 Å². The number of hydrogen-bond acceptors (Lipinski definition) is 3. The summed E-state index contributed by atoms with van der Waals surface area (Å²) in [6.07, 6.45) is 11.4. The van der Waals surface area contributed by atoms with Gasteiger partial charge >= 0.3 is 5.97 Å². The van der Waals surface area contributed by atoms with Gasteiger partial charge in [0.25, 0.3) is 0 Å². The van der Waals surface area contributed by atoms with Gasteiger partial charge in [-0.05, 0) is 123 Å². The Hall–Kier alpha value is -1.90. The Labute approximate surface area is 242 Å². The van der Waals surface area contributed by atoms with Crippen molar-refractivity contribution in [2.45, 2.75) is 106 Å². The molecule has 0 heterocycles. The second-order valence-corrected chi connectivity index (χ2v) is 16.1. The van der Waals surface area contributed by atoms with Crippen molar-refractivity contribution in [1.29, 1.82) is 0 Å². The molecule has 0 bridgehead atoms. The van der Waals surface area contributed by atoms with Crippen molar-refractivity contribution in [3.8, 4) is 0 Å². The fourth-order valence-electron chi connectivity index (χ4n) is 12.2. The van der Waals surface area contributed by atoms with Gasteiger partial charge in [-0.2, -0.15) is 0 Å². The number of allylic oxidation sites excluding steroid dienone is 1. The van der Waals surface area contributed by atoms with Crippen molar-refractivity contribution in [3.05, 3.63) is 48.0 Å². The Morgan fingerprint density at radius 1 is 0.875 bits per heavy atom. The first kappa shape index (κ1) is 28.2. The lowest BCUT2D eigenvalue weighted by Crippen LogP contribution is -2.66. The molecular weight excluding hydrogens is 492 g/mol. The highest BCUT2D eigenvalue weighted by Gasteiger charge is 2.71. The molecule has 0 amide bonds. The van der Waals surface area contributed by atoms with Gasteiger partial charge in [-0.3, -0.25) is 4.79 Å². The van der Waals surface area contributed by atoms with Crippen LogP contribution < -0.4 is 0 Å². The Morgan fingerprint density at radius 3 is 2.30 bits per heavy atom. The molecule has 3 heteroatoms. The molecule has 6 rings (SSSR count). The number of ketones is 1. The molecule has 3 nitrogen and oxygen atoms in total. The van der Waals surface area contributed by atoms with Crippen molar-refractivity contribution < 1.29 is 14.3 Å². The molecule has 0 spiro atoms. The summed E-state index contributed by atoms with van der Waals surface area (Å²) in [6.45, 7) is 19.7. The molecular formula is C37H52O3. The number of Topliss-reactive ketones (excluding diaryl/α,β-unsaturated/α-hetero) is 1. The van der Waals surface area contributed by atoms with E-state index in [1.54, 1.807) is 0 Å². The van der Waals surface area contributed by atoms with E-state index in [-0.39, 0.29) is 33.0 Å². The number of benzene rings is 1. The van der Waals surface area contributed by atoms with Crippen LogP contribution in [0.25, 0.3) is 0 Å². The predicted molar refractivity (Wildman–Crippen MR) is 161 cm³/mol.